The number of hydrogen-bond donors (Lipinski definition) is 0. The molecule has 6 heteroatoms. The van der Waals surface area contributed by atoms with Gasteiger partial charge in [0.15, 0.2) is 17.1 Å². The molecule has 4 nitrogen and oxygen atoms in total. The molecule has 1 aromatic heterocycles. The summed E-state index contributed by atoms with van der Waals surface area (Å²) in [6, 6.07) is 14.8. The Morgan fingerprint density at radius 2 is 1.82 bits per heavy atom. The van der Waals surface area contributed by atoms with Gasteiger partial charge >= 0.3 is 0 Å². The number of nitrogens with zero attached hydrogens (tertiary/aromatic N) is 3. The molecule has 0 spiro atoms. The number of rotatable bonds is 6. The van der Waals surface area contributed by atoms with Crippen LogP contribution >= 0.6 is 11.8 Å². The van der Waals surface area contributed by atoms with Crippen molar-refractivity contribution in [2.24, 2.45) is 7.05 Å². The smallest absolute Gasteiger partial charge is 0.191 e. The topological polar surface area (TPSA) is 39.9 Å². The van der Waals surface area contributed by atoms with Crippen LogP contribution in [0.25, 0.3) is 0 Å². The lowest BCUT2D eigenvalue weighted by molar-refractivity contribution is 0.211. The molecular formula is C22H26FN3OS. The van der Waals surface area contributed by atoms with E-state index >= 15 is 0 Å². The van der Waals surface area contributed by atoms with Crippen molar-refractivity contribution < 1.29 is 9.13 Å². The Balaban J connectivity index is 1.65. The maximum atomic E-state index is 13.3. The second kappa shape index (κ2) is 8.35. The maximum absolute atomic E-state index is 13.3. The van der Waals surface area contributed by atoms with Gasteiger partial charge in [-0.1, -0.05) is 56.8 Å². The van der Waals surface area contributed by atoms with E-state index in [2.05, 4.69) is 43.1 Å². The van der Waals surface area contributed by atoms with Crippen LogP contribution in [0.4, 0.5) is 4.39 Å². The van der Waals surface area contributed by atoms with Crippen molar-refractivity contribution in [3.05, 3.63) is 71.3 Å². The van der Waals surface area contributed by atoms with Crippen molar-refractivity contribution in [1.82, 2.24) is 14.8 Å². The minimum absolute atomic E-state index is 0.113. The molecule has 28 heavy (non-hydrogen) atoms. The summed E-state index contributed by atoms with van der Waals surface area (Å²) in [5, 5.41) is 9.33. The molecule has 0 fully saturated rings. The van der Waals surface area contributed by atoms with Gasteiger partial charge in [-0.05, 0) is 47.7 Å². The van der Waals surface area contributed by atoms with Gasteiger partial charge in [-0.3, -0.25) is 0 Å². The fraction of sp³-hybridized carbons (Fsp3) is 0.364. The van der Waals surface area contributed by atoms with Crippen molar-refractivity contribution in [2.75, 3.05) is 0 Å². The van der Waals surface area contributed by atoms with Gasteiger partial charge in [0, 0.05) is 12.8 Å². The maximum Gasteiger partial charge on any atom is 0.191 e. The van der Waals surface area contributed by atoms with Gasteiger partial charge in [0.2, 0.25) is 0 Å². The molecular weight excluding hydrogens is 373 g/mol. The SMILES string of the molecule is CC(Oc1ccc(C(C)(C)C)cc1)c1nnc(SCc2cccc(F)c2)n1C. The van der Waals surface area contributed by atoms with Crippen molar-refractivity contribution in [3.63, 3.8) is 0 Å². The quantitative estimate of drug-likeness (QED) is 0.500. The zero-order valence-corrected chi connectivity index (χ0v) is 17.8. The lowest BCUT2D eigenvalue weighted by atomic mass is 9.87. The monoisotopic (exact) mass is 399 g/mol. The molecule has 0 saturated carbocycles. The molecule has 0 aliphatic heterocycles. The molecule has 2 aromatic carbocycles. The number of aromatic nitrogens is 3. The second-order valence-corrected chi connectivity index (χ2v) is 8.80. The zero-order valence-electron chi connectivity index (χ0n) is 16.9. The zero-order chi connectivity index (χ0) is 20.3. The Morgan fingerprint density at radius 1 is 1.11 bits per heavy atom. The summed E-state index contributed by atoms with van der Waals surface area (Å²) in [5.41, 5.74) is 2.29. The first kappa shape index (κ1) is 20.4. The Kier molecular flexibility index (Phi) is 6.08. The lowest BCUT2D eigenvalue weighted by Gasteiger charge is -2.20. The van der Waals surface area contributed by atoms with Gasteiger partial charge in [0.25, 0.3) is 0 Å². The third kappa shape index (κ3) is 4.93. The standard InChI is InChI=1S/C22H26FN3OS/c1-15(27-19-11-9-17(10-12-19)22(2,3)4)20-24-25-21(26(20)5)28-14-16-7-6-8-18(23)13-16/h6-13,15H,14H2,1-5H3. The number of hydrogen-bond acceptors (Lipinski definition) is 4. The number of halogens is 1. The first-order valence-corrected chi connectivity index (χ1v) is 10.3. The van der Waals surface area contributed by atoms with Gasteiger partial charge in [-0.2, -0.15) is 0 Å². The van der Waals surface area contributed by atoms with Crippen LogP contribution in [0.15, 0.2) is 53.7 Å². The van der Waals surface area contributed by atoms with Crippen LogP contribution in [0.2, 0.25) is 0 Å². The summed E-state index contributed by atoms with van der Waals surface area (Å²) in [4.78, 5) is 0. The molecule has 0 aliphatic carbocycles. The van der Waals surface area contributed by atoms with E-state index in [4.69, 9.17) is 4.74 Å². The molecule has 0 bridgehead atoms. The van der Waals surface area contributed by atoms with Crippen LogP contribution in [0.1, 0.15) is 50.8 Å². The molecule has 148 valence electrons. The Labute approximate surface area is 170 Å². The molecule has 1 unspecified atom stereocenters. The fourth-order valence-corrected chi connectivity index (χ4v) is 3.73. The summed E-state index contributed by atoms with van der Waals surface area (Å²) >= 11 is 1.53. The molecule has 3 rings (SSSR count). The normalized spacial score (nSPS) is 12.8. The third-order valence-corrected chi connectivity index (χ3v) is 5.61. The molecule has 1 heterocycles. The van der Waals surface area contributed by atoms with Gasteiger partial charge in [0.1, 0.15) is 11.6 Å². The van der Waals surface area contributed by atoms with Crippen LogP contribution < -0.4 is 4.74 Å². The molecule has 0 radical (unpaired) electrons. The van der Waals surface area contributed by atoms with E-state index < -0.39 is 0 Å². The van der Waals surface area contributed by atoms with Gasteiger partial charge in [0.05, 0.1) is 0 Å². The van der Waals surface area contributed by atoms with Crippen LogP contribution in [-0.2, 0) is 18.2 Å². The molecule has 0 N–H and O–H groups in total. The largest absolute Gasteiger partial charge is 0.483 e. The van der Waals surface area contributed by atoms with Crippen molar-refractivity contribution in [2.45, 2.75) is 50.1 Å². The molecule has 0 aliphatic rings. The third-order valence-electron chi connectivity index (χ3n) is 4.52. The summed E-state index contributed by atoms with van der Waals surface area (Å²) in [6.45, 7) is 8.53. The van der Waals surface area contributed by atoms with Crippen LogP contribution in [0, 0.1) is 5.82 Å². The molecule has 3 aromatic rings. The predicted molar refractivity (Wildman–Crippen MR) is 111 cm³/mol. The second-order valence-electron chi connectivity index (χ2n) is 7.85. The van der Waals surface area contributed by atoms with Crippen LogP contribution in [0.5, 0.6) is 5.75 Å². The van der Waals surface area contributed by atoms with Crippen LogP contribution in [0.3, 0.4) is 0 Å². The first-order valence-electron chi connectivity index (χ1n) is 9.28. The Morgan fingerprint density at radius 3 is 2.46 bits per heavy atom. The van der Waals surface area contributed by atoms with E-state index in [0.29, 0.717) is 5.75 Å². The predicted octanol–water partition coefficient (Wildman–Crippen LogP) is 5.68. The van der Waals surface area contributed by atoms with Crippen molar-refractivity contribution in [1.29, 1.82) is 0 Å². The van der Waals surface area contributed by atoms with E-state index in [1.807, 2.05) is 36.7 Å². The highest BCUT2D eigenvalue weighted by atomic mass is 32.2. The number of ether oxygens (including phenoxy) is 1. The highest BCUT2D eigenvalue weighted by Crippen LogP contribution is 2.28. The number of thioether (sulfide) groups is 1. The minimum Gasteiger partial charge on any atom is -0.483 e. The van der Waals surface area contributed by atoms with E-state index in [1.54, 1.807) is 6.07 Å². The van der Waals surface area contributed by atoms with E-state index in [1.165, 1.54) is 29.5 Å². The minimum atomic E-state index is -0.235. The fourth-order valence-electron chi connectivity index (χ4n) is 2.87. The highest BCUT2D eigenvalue weighted by Gasteiger charge is 2.18. The summed E-state index contributed by atoms with van der Waals surface area (Å²) in [5.74, 6) is 1.96. The van der Waals surface area contributed by atoms with Gasteiger partial charge in [-0.15, -0.1) is 10.2 Å². The summed E-state index contributed by atoms with van der Waals surface area (Å²) in [6.07, 6.45) is -0.235. The first-order chi connectivity index (χ1) is 13.2. The molecule has 1 atom stereocenters. The van der Waals surface area contributed by atoms with Crippen molar-refractivity contribution in [3.8, 4) is 5.75 Å². The Bertz CT molecular complexity index is 932. The highest BCUT2D eigenvalue weighted by molar-refractivity contribution is 7.98. The summed E-state index contributed by atoms with van der Waals surface area (Å²) < 4.78 is 21.3. The van der Waals surface area contributed by atoms with E-state index in [0.717, 1.165) is 22.3 Å². The average molecular weight is 400 g/mol. The summed E-state index contributed by atoms with van der Waals surface area (Å²) in [7, 11) is 1.92. The van der Waals surface area contributed by atoms with E-state index in [9.17, 15) is 4.39 Å². The van der Waals surface area contributed by atoms with Gasteiger partial charge in [-0.25, -0.2) is 4.39 Å². The van der Waals surface area contributed by atoms with Gasteiger partial charge < -0.3 is 9.30 Å². The molecule has 0 saturated heterocycles. The lowest BCUT2D eigenvalue weighted by Crippen LogP contribution is -2.12. The van der Waals surface area contributed by atoms with Crippen LogP contribution in [-0.4, -0.2) is 14.8 Å². The number of benzene rings is 2. The Hall–Kier alpha value is -2.34. The van der Waals surface area contributed by atoms with Crippen molar-refractivity contribution >= 4 is 11.8 Å². The van der Waals surface area contributed by atoms with E-state index in [-0.39, 0.29) is 17.3 Å². The average Bonchev–Trinajstić information content (AvgIpc) is 3.00. The molecule has 0 amide bonds.